The third kappa shape index (κ3) is 2.53. The van der Waals surface area contributed by atoms with Gasteiger partial charge in [-0.25, -0.2) is 9.67 Å². The van der Waals surface area contributed by atoms with Crippen molar-refractivity contribution < 1.29 is 4.79 Å². The zero-order valence-electron chi connectivity index (χ0n) is 13.3. The number of nitrogens with zero attached hydrogens (tertiary/aromatic N) is 4. The molecule has 1 fully saturated rings. The summed E-state index contributed by atoms with van der Waals surface area (Å²) in [7, 11) is 0. The summed E-state index contributed by atoms with van der Waals surface area (Å²) < 4.78 is 2.03. The van der Waals surface area contributed by atoms with Crippen molar-refractivity contribution in [1.82, 2.24) is 25.0 Å². The quantitative estimate of drug-likeness (QED) is 0.926. The lowest BCUT2D eigenvalue weighted by molar-refractivity contribution is -0.129. The van der Waals surface area contributed by atoms with Gasteiger partial charge >= 0.3 is 0 Å². The van der Waals surface area contributed by atoms with Gasteiger partial charge in [0.15, 0.2) is 0 Å². The van der Waals surface area contributed by atoms with Crippen molar-refractivity contribution in [2.75, 3.05) is 19.6 Å². The Balaban J connectivity index is 1.61. The molecule has 1 aromatic carbocycles. The number of hydrogen-bond donors (Lipinski definition) is 1. The van der Waals surface area contributed by atoms with Crippen molar-refractivity contribution in [1.29, 1.82) is 0 Å². The zero-order chi connectivity index (χ0) is 15.8. The Morgan fingerprint density at radius 1 is 1.35 bits per heavy atom. The summed E-state index contributed by atoms with van der Waals surface area (Å²) in [6.07, 6.45) is 3.65. The first-order chi connectivity index (χ1) is 11.2. The monoisotopic (exact) mass is 311 g/mol. The highest BCUT2D eigenvalue weighted by Crippen LogP contribution is 2.30. The summed E-state index contributed by atoms with van der Waals surface area (Å²) in [6.45, 7) is 4.48. The van der Waals surface area contributed by atoms with E-state index in [2.05, 4.69) is 39.4 Å². The van der Waals surface area contributed by atoms with Crippen LogP contribution in [0.4, 0.5) is 0 Å². The molecule has 0 bridgehead atoms. The van der Waals surface area contributed by atoms with Gasteiger partial charge in [0.1, 0.15) is 18.2 Å². The van der Waals surface area contributed by atoms with Gasteiger partial charge in [0.05, 0.1) is 6.04 Å². The molecule has 2 aliphatic heterocycles. The Labute approximate surface area is 135 Å². The fourth-order valence-electron chi connectivity index (χ4n) is 3.76. The van der Waals surface area contributed by atoms with Crippen LogP contribution < -0.4 is 5.32 Å². The number of amides is 1. The minimum atomic E-state index is -0.211. The molecule has 0 aliphatic carbocycles. The van der Waals surface area contributed by atoms with Crippen molar-refractivity contribution in [2.24, 2.45) is 0 Å². The maximum absolute atomic E-state index is 12.5. The number of carbonyl (C=O) groups excluding carboxylic acids is 1. The van der Waals surface area contributed by atoms with E-state index in [9.17, 15) is 4.79 Å². The molecule has 2 aliphatic rings. The molecule has 1 N–H and O–H groups in total. The maximum atomic E-state index is 12.5. The van der Waals surface area contributed by atoms with Gasteiger partial charge in [-0.15, -0.1) is 0 Å². The van der Waals surface area contributed by atoms with E-state index in [1.807, 2.05) is 16.8 Å². The molecular weight excluding hydrogens is 290 g/mol. The third-order valence-corrected chi connectivity index (χ3v) is 4.93. The van der Waals surface area contributed by atoms with E-state index in [0.717, 1.165) is 42.9 Å². The van der Waals surface area contributed by atoms with Crippen LogP contribution in [-0.2, 0) is 11.2 Å². The molecule has 4 rings (SSSR count). The SMILES string of the molecule is Cc1ccccc1C1C(=O)NCCN1CC1CCc2ncnn21. The smallest absolute Gasteiger partial charge is 0.242 e. The molecule has 120 valence electrons. The van der Waals surface area contributed by atoms with E-state index < -0.39 is 0 Å². The van der Waals surface area contributed by atoms with Gasteiger partial charge in [0.25, 0.3) is 0 Å². The van der Waals surface area contributed by atoms with E-state index in [0.29, 0.717) is 12.6 Å². The van der Waals surface area contributed by atoms with E-state index in [1.165, 1.54) is 0 Å². The zero-order valence-corrected chi connectivity index (χ0v) is 13.3. The standard InChI is InChI=1S/C17H21N5O/c1-12-4-2-3-5-14(12)16-17(23)18-8-9-21(16)10-13-6-7-15-19-11-20-22(13)15/h2-5,11,13,16H,6-10H2,1H3,(H,18,23). The fraction of sp³-hybridized carbons (Fsp3) is 0.471. The number of piperazine rings is 1. The Hall–Kier alpha value is -2.21. The Morgan fingerprint density at radius 3 is 3.09 bits per heavy atom. The topological polar surface area (TPSA) is 63.1 Å². The number of hydrogen-bond acceptors (Lipinski definition) is 4. The van der Waals surface area contributed by atoms with Gasteiger partial charge in [-0.3, -0.25) is 9.69 Å². The first-order valence-electron chi connectivity index (χ1n) is 8.19. The molecule has 3 heterocycles. The van der Waals surface area contributed by atoms with Crippen molar-refractivity contribution in [2.45, 2.75) is 31.8 Å². The minimum Gasteiger partial charge on any atom is -0.353 e. The molecule has 23 heavy (non-hydrogen) atoms. The second-order valence-electron chi connectivity index (χ2n) is 6.36. The van der Waals surface area contributed by atoms with Crippen molar-refractivity contribution in [3.63, 3.8) is 0 Å². The Morgan fingerprint density at radius 2 is 2.22 bits per heavy atom. The van der Waals surface area contributed by atoms with Crippen LogP contribution in [0.5, 0.6) is 0 Å². The van der Waals surface area contributed by atoms with Crippen LogP contribution in [0.3, 0.4) is 0 Å². The normalized spacial score (nSPS) is 24.5. The first kappa shape index (κ1) is 14.4. The number of nitrogens with one attached hydrogen (secondary N) is 1. The number of aromatic nitrogens is 3. The molecule has 6 heteroatoms. The molecule has 0 saturated carbocycles. The third-order valence-electron chi connectivity index (χ3n) is 4.93. The van der Waals surface area contributed by atoms with Crippen LogP contribution in [-0.4, -0.2) is 45.2 Å². The summed E-state index contributed by atoms with van der Waals surface area (Å²) >= 11 is 0. The summed E-state index contributed by atoms with van der Waals surface area (Å²) in [5.74, 6) is 1.16. The molecule has 2 aromatic rings. The van der Waals surface area contributed by atoms with Crippen molar-refractivity contribution in [3.05, 3.63) is 47.5 Å². The molecule has 0 spiro atoms. The van der Waals surface area contributed by atoms with E-state index in [-0.39, 0.29) is 11.9 Å². The summed E-state index contributed by atoms with van der Waals surface area (Å²) in [4.78, 5) is 19.1. The Kier molecular flexibility index (Phi) is 3.61. The number of aryl methyl sites for hydroxylation is 2. The second-order valence-corrected chi connectivity index (χ2v) is 6.36. The van der Waals surface area contributed by atoms with Gasteiger partial charge in [-0.1, -0.05) is 24.3 Å². The number of benzene rings is 1. The predicted octanol–water partition coefficient (Wildman–Crippen LogP) is 1.25. The van der Waals surface area contributed by atoms with Crippen LogP contribution in [0.15, 0.2) is 30.6 Å². The molecular formula is C17H21N5O. The maximum Gasteiger partial charge on any atom is 0.242 e. The number of fused-ring (bicyclic) bond motifs is 1. The van der Waals surface area contributed by atoms with Gasteiger partial charge in [0.2, 0.25) is 5.91 Å². The average molecular weight is 311 g/mol. The lowest BCUT2D eigenvalue weighted by Crippen LogP contribution is -2.51. The van der Waals surface area contributed by atoms with Crippen LogP contribution in [0, 0.1) is 6.92 Å². The molecule has 2 unspecified atom stereocenters. The molecule has 1 amide bonds. The molecule has 1 saturated heterocycles. The second kappa shape index (κ2) is 5.77. The summed E-state index contributed by atoms with van der Waals surface area (Å²) in [6, 6.07) is 8.26. The molecule has 2 atom stereocenters. The molecule has 0 radical (unpaired) electrons. The summed E-state index contributed by atoms with van der Waals surface area (Å²) in [5.41, 5.74) is 2.26. The highest BCUT2D eigenvalue weighted by atomic mass is 16.2. The fourth-order valence-corrected chi connectivity index (χ4v) is 3.76. The van der Waals surface area contributed by atoms with E-state index in [4.69, 9.17) is 0 Å². The highest BCUT2D eigenvalue weighted by molar-refractivity contribution is 5.84. The minimum absolute atomic E-state index is 0.0994. The van der Waals surface area contributed by atoms with E-state index >= 15 is 0 Å². The number of rotatable bonds is 3. The number of carbonyl (C=O) groups is 1. The van der Waals surface area contributed by atoms with Crippen molar-refractivity contribution >= 4 is 5.91 Å². The molecule has 1 aromatic heterocycles. The van der Waals surface area contributed by atoms with Gasteiger partial charge in [-0.05, 0) is 24.5 Å². The van der Waals surface area contributed by atoms with E-state index in [1.54, 1.807) is 6.33 Å². The summed E-state index contributed by atoms with van der Waals surface area (Å²) in [5, 5.41) is 7.37. The molecule has 6 nitrogen and oxygen atoms in total. The Bertz CT molecular complexity index is 725. The largest absolute Gasteiger partial charge is 0.353 e. The van der Waals surface area contributed by atoms with Crippen LogP contribution >= 0.6 is 0 Å². The first-order valence-corrected chi connectivity index (χ1v) is 8.19. The lowest BCUT2D eigenvalue weighted by atomic mass is 9.97. The van der Waals surface area contributed by atoms with Gasteiger partial charge in [-0.2, -0.15) is 5.10 Å². The van der Waals surface area contributed by atoms with Gasteiger partial charge < -0.3 is 5.32 Å². The van der Waals surface area contributed by atoms with Crippen molar-refractivity contribution in [3.8, 4) is 0 Å². The predicted molar refractivity (Wildman–Crippen MR) is 85.9 cm³/mol. The van der Waals surface area contributed by atoms with Gasteiger partial charge in [0, 0.05) is 26.1 Å². The van der Waals surface area contributed by atoms with Crippen LogP contribution in [0.1, 0.15) is 35.5 Å². The van der Waals surface area contributed by atoms with Crippen LogP contribution in [0.2, 0.25) is 0 Å². The average Bonchev–Trinajstić information content (AvgIpc) is 3.14. The van der Waals surface area contributed by atoms with Crippen LogP contribution in [0.25, 0.3) is 0 Å². The highest BCUT2D eigenvalue weighted by Gasteiger charge is 2.35. The lowest BCUT2D eigenvalue weighted by Gasteiger charge is -2.37.